The maximum Gasteiger partial charge on any atom is 0.136 e. The Hall–Kier alpha value is -3.58. The van der Waals surface area contributed by atoms with Gasteiger partial charge in [-0.25, -0.2) is 0 Å². The molecule has 0 saturated carbocycles. The fourth-order valence-electron chi connectivity index (χ4n) is 6.62. The largest absolute Gasteiger partial charge is 0.371 e. The van der Waals surface area contributed by atoms with Crippen LogP contribution in [-0.2, 0) is 25.7 Å². The van der Waals surface area contributed by atoms with Gasteiger partial charge in [-0.05, 0) is 128 Å². The van der Waals surface area contributed by atoms with E-state index in [1.54, 1.807) is 0 Å². The molecule has 0 spiro atoms. The molecular weight excluding hydrogens is 440 g/mol. The molecule has 4 heteroatoms. The normalized spacial score (nSPS) is 17.9. The highest BCUT2D eigenvalue weighted by Gasteiger charge is 2.25. The van der Waals surface area contributed by atoms with E-state index in [2.05, 4.69) is 68.3 Å². The van der Waals surface area contributed by atoms with Crippen LogP contribution >= 0.6 is 0 Å². The van der Waals surface area contributed by atoms with Crippen LogP contribution in [0.1, 0.15) is 70.5 Å². The second-order valence-electron chi connectivity index (χ2n) is 10.6. The summed E-state index contributed by atoms with van der Waals surface area (Å²) >= 11 is 0. The van der Waals surface area contributed by atoms with E-state index in [0.29, 0.717) is 0 Å². The van der Waals surface area contributed by atoms with E-state index in [-0.39, 0.29) is 0 Å². The number of aryl methyl sites for hydroxylation is 4. The highest BCUT2D eigenvalue weighted by molar-refractivity contribution is 5.73. The zero-order chi connectivity index (χ0) is 23.9. The minimum absolute atomic E-state index is 0.721. The first kappa shape index (κ1) is 21.7. The van der Waals surface area contributed by atoms with Crippen LogP contribution in [0.4, 0.5) is 11.4 Å². The highest BCUT2D eigenvalue weighted by Crippen LogP contribution is 2.37. The summed E-state index contributed by atoms with van der Waals surface area (Å²) in [5.74, 6) is 6.60. The SMILES string of the molecule is C(#Cc1ccc(/C=C/c2cc3c4c(c2)CCCN4CCC3)nn1)c1cc2c3c(c1)CCCN3CCC2. The van der Waals surface area contributed by atoms with Gasteiger partial charge in [-0.15, -0.1) is 10.2 Å². The summed E-state index contributed by atoms with van der Waals surface area (Å²) in [6.45, 7) is 4.83. The Morgan fingerprint density at radius 2 is 1.17 bits per heavy atom. The first-order chi connectivity index (χ1) is 17.8. The van der Waals surface area contributed by atoms with Crippen molar-refractivity contribution in [2.24, 2.45) is 0 Å². The van der Waals surface area contributed by atoms with Gasteiger partial charge in [-0.1, -0.05) is 12.0 Å². The van der Waals surface area contributed by atoms with Crippen LogP contribution in [0.5, 0.6) is 0 Å². The van der Waals surface area contributed by atoms with Gasteiger partial charge in [0.1, 0.15) is 5.69 Å². The maximum absolute atomic E-state index is 4.43. The van der Waals surface area contributed by atoms with E-state index < -0.39 is 0 Å². The third-order valence-electron chi connectivity index (χ3n) is 8.15. The van der Waals surface area contributed by atoms with Crippen LogP contribution in [-0.4, -0.2) is 36.4 Å². The smallest absolute Gasteiger partial charge is 0.136 e. The third kappa shape index (κ3) is 4.07. The minimum Gasteiger partial charge on any atom is -0.371 e. The van der Waals surface area contributed by atoms with Crippen molar-refractivity contribution in [2.45, 2.75) is 51.4 Å². The van der Waals surface area contributed by atoms with Crippen LogP contribution in [0.15, 0.2) is 36.4 Å². The number of hydrogen-bond donors (Lipinski definition) is 0. The van der Waals surface area contributed by atoms with Gasteiger partial charge in [0.2, 0.25) is 0 Å². The first-order valence-electron chi connectivity index (χ1n) is 13.7. The van der Waals surface area contributed by atoms with Crippen molar-refractivity contribution in [3.8, 4) is 11.8 Å². The van der Waals surface area contributed by atoms with E-state index in [1.165, 1.54) is 117 Å². The van der Waals surface area contributed by atoms with Crippen LogP contribution < -0.4 is 9.80 Å². The van der Waals surface area contributed by atoms with E-state index in [4.69, 9.17) is 0 Å². The molecule has 0 amide bonds. The topological polar surface area (TPSA) is 32.3 Å². The number of rotatable bonds is 2. The fourth-order valence-corrected chi connectivity index (χ4v) is 6.62. The lowest BCUT2D eigenvalue weighted by Crippen LogP contribution is -2.34. The van der Waals surface area contributed by atoms with E-state index in [9.17, 15) is 0 Å². The van der Waals surface area contributed by atoms with Crippen LogP contribution in [0.25, 0.3) is 12.2 Å². The standard InChI is InChI=1S/C32H32N4/c1-5-25-19-23(20-26-6-2-16-35(15-1)31(25)26)9-11-29-13-14-30(34-33-29)12-10-24-21-27-7-3-17-36-18-4-8-28(22-24)32(27)36/h9,11,13-14,19-22H,1-8,15-18H2/b11-9+. The summed E-state index contributed by atoms with van der Waals surface area (Å²) < 4.78 is 0. The van der Waals surface area contributed by atoms with Gasteiger partial charge in [0.05, 0.1) is 5.69 Å². The average Bonchev–Trinajstić information content (AvgIpc) is 2.92. The lowest BCUT2D eigenvalue weighted by Gasteiger charge is -2.37. The lowest BCUT2D eigenvalue weighted by atomic mass is 9.90. The molecule has 0 fully saturated rings. The van der Waals surface area contributed by atoms with E-state index in [1.807, 2.05) is 12.1 Å². The zero-order valence-electron chi connectivity index (χ0n) is 20.9. The molecule has 5 heterocycles. The average molecular weight is 473 g/mol. The Bertz CT molecular complexity index is 1340. The number of hydrogen-bond acceptors (Lipinski definition) is 4. The molecule has 3 aromatic rings. The number of aromatic nitrogens is 2. The Kier molecular flexibility index (Phi) is 5.50. The predicted octanol–water partition coefficient (Wildman–Crippen LogP) is 5.44. The molecule has 1 aromatic heterocycles. The second-order valence-corrected chi connectivity index (χ2v) is 10.6. The molecule has 36 heavy (non-hydrogen) atoms. The molecule has 0 radical (unpaired) electrons. The molecule has 2 aromatic carbocycles. The van der Waals surface area contributed by atoms with Crippen molar-refractivity contribution in [3.63, 3.8) is 0 Å². The molecule has 4 nitrogen and oxygen atoms in total. The van der Waals surface area contributed by atoms with Gasteiger partial charge in [0.25, 0.3) is 0 Å². The summed E-state index contributed by atoms with van der Waals surface area (Å²) in [5.41, 5.74) is 12.9. The Morgan fingerprint density at radius 3 is 1.69 bits per heavy atom. The molecule has 0 saturated heterocycles. The number of anilines is 2. The predicted molar refractivity (Wildman–Crippen MR) is 148 cm³/mol. The Labute approximate surface area is 214 Å². The third-order valence-corrected chi connectivity index (χ3v) is 8.15. The Balaban J connectivity index is 1.09. The molecule has 0 atom stereocenters. The number of nitrogens with zero attached hydrogens (tertiary/aromatic N) is 4. The number of benzene rings is 2. The van der Waals surface area contributed by atoms with Gasteiger partial charge < -0.3 is 9.80 Å². The summed E-state index contributed by atoms with van der Waals surface area (Å²) in [5, 5.41) is 8.82. The minimum atomic E-state index is 0.721. The molecule has 4 aliphatic rings. The highest BCUT2D eigenvalue weighted by atomic mass is 15.1. The summed E-state index contributed by atoms with van der Waals surface area (Å²) in [6.07, 6.45) is 14.0. The molecule has 180 valence electrons. The fraction of sp³-hybridized carbons (Fsp3) is 0.375. The summed E-state index contributed by atoms with van der Waals surface area (Å²) in [4.78, 5) is 5.16. The molecule has 0 aliphatic carbocycles. The molecular formula is C32H32N4. The second kappa shape index (κ2) is 9.13. The maximum atomic E-state index is 4.43. The van der Waals surface area contributed by atoms with Crippen LogP contribution in [0.3, 0.4) is 0 Å². The van der Waals surface area contributed by atoms with Gasteiger partial charge in [-0.2, -0.15) is 0 Å². The van der Waals surface area contributed by atoms with Crippen molar-refractivity contribution < 1.29 is 0 Å². The zero-order valence-corrected chi connectivity index (χ0v) is 20.9. The van der Waals surface area contributed by atoms with Crippen molar-refractivity contribution in [1.29, 1.82) is 0 Å². The molecule has 7 rings (SSSR count). The summed E-state index contributed by atoms with van der Waals surface area (Å²) in [6, 6.07) is 13.3. The van der Waals surface area contributed by atoms with Crippen molar-refractivity contribution in [2.75, 3.05) is 36.0 Å². The monoisotopic (exact) mass is 472 g/mol. The quantitative estimate of drug-likeness (QED) is 0.465. The molecule has 0 bridgehead atoms. The van der Waals surface area contributed by atoms with Crippen molar-refractivity contribution in [1.82, 2.24) is 10.2 Å². The summed E-state index contributed by atoms with van der Waals surface area (Å²) in [7, 11) is 0. The van der Waals surface area contributed by atoms with Gasteiger partial charge in [0, 0.05) is 43.1 Å². The van der Waals surface area contributed by atoms with E-state index in [0.717, 1.165) is 17.0 Å². The van der Waals surface area contributed by atoms with E-state index >= 15 is 0 Å². The lowest BCUT2D eigenvalue weighted by molar-refractivity contribution is 0.634. The molecule has 0 N–H and O–H groups in total. The van der Waals surface area contributed by atoms with Gasteiger partial charge >= 0.3 is 0 Å². The molecule has 0 unspecified atom stereocenters. The van der Waals surface area contributed by atoms with Crippen molar-refractivity contribution >= 4 is 23.5 Å². The Morgan fingerprint density at radius 1 is 0.611 bits per heavy atom. The van der Waals surface area contributed by atoms with Gasteiger partial charge in [-0.3, -0.25) is 0 Å². The van der Waals surface area contributed by atoms with Crippen LogP contribution in [0, 0.1) is 11.8 Å². The molecule has 4 aliphatic heterocycles. The first-order valence-corrected chi connectivity index (χ1v) is 13.7. The van der Waals surface area contributed by atoms with Gasteiger partial charge in [0.15, 0.2) is 0 Å². The van der Waals surface area contributed by atoms with Crippen LogP contribution in [0.2, 0.25) is 0 Å². The van der Waals surface area contributed by atoms with Crippen molar-refractivity contribution in [3.05, 3.63) is 81.2 Å².